The van der Waals surface area contributed by atoms with Crippen molar-refractivity contribution in [3.05, 3.63) is 0 Å². The van der Waals surface area contributed by atoms with Gasteiger partial charge in [0.15, 0.2) is 0 Å². The van der Waals surface area contributed by atoms with Crippen LogP contribution < -0.4 is 0 Å². The molecule has 0 amide bonds. The molecule has 0 heterocycles. The summed E-state index contributed by atoms with van der Waals surface area (Å²) in [6.45, 7) is 0. The second-order valence-electron chi connectivity index (χ2n) is 0.0833. The van der Waals surface area contributed by atoms with E-state index in [9.17, 15) is 0 Å². The van der Waals surface area contributed by atoms with Crippen LogP contribution in [0.1, 0.15) is 0 Å². The van der Waals surface area contributed by atoms with Gasteiger partial charge in [-0.05, 0) is 0 Å². The molecule has 0 bridgehead atoms. The van der Waals surface area contributed by atoms with E-state index < -0.39 is 19.1 Å². The molecule has 0 unspecified atom stereocenters. The Balaban J connectivity index is -0.0000000105. The van der Waals surface area contributed by atoms with E-state index in [4.69, 9.17) is 6.65 Å². The van der Waals surface area contributed by atoms with Gasteiger partial charge in [-0.2, -0.15) is 0 Å². The molecule has 0 aromatic carbocycles. The third-order valence-corrected chi connectivity index (χ3v) is 0. The molecule has 0 spiro atoms. The summed E-state index contributed by atoms with van der Waals surface area (Å²) in [6, 6.07) is 0. The Bertz CT molecular complexity index is 38.7. The molecule has 2 nitrogen and oxygen atoms in total. The fourth-order valence-corrected chi connectivity index (χ4v) is 0. The maximum atomic E-state index is 8.50. The Morgan fingerprint density at radius 1 is 1.29 bits per heavy atom. The first-order valence-corrected chi connectivity index (χ1v) is 15.9. The molecule has 38 valence electrons. The molecule has 0 aromatic rings. The van der Waals surface area contributed by atoms with Crippen LogP contribution in [0.3, 0.4) is 0 Å². The minimum absolute atomic E-state index is 0. The predicted octanol–water partition coefficient (Wildman–Crippen LogP) is -2.08. The summed E-state index contributed by atoms with van der Waals surface area (Å²) in [5.74, 6) is 0. The summed E-state index contributed by atoms with van der Waals surface area (Å²) in [5, 5.41) is 0. The van der Waals surface area contributed by atoms with E-state index in [0.717, 1.165) is 0 Å². The molecule has 0 rings (SSSR count). The van der Waals surface area contributed by atoms with Crippen LogP contribution in [0.2, 0.25) is 0 Å². The van der Waals surface area contributed by atoms with Crippen molar-refractivity contribution < 1.29 is 84.6 Å². The van der Waals surface area contributed by atoms with E-state index in [1.54, 1.807) is 17.1 Å². The number of rotatable bonds is 0. The van der Waals surface area contributed by atoms with Crippen molar-refractivity contribution in [2.75, 3.05) is 0 Å². The normalized spacial score (nSPS) is 1.86. The molecule has 7 heavy (non-hydrogen) atoms. The molecule has 0 fully saturated rings. The van der Waals surface area contributed by atoms with Gasteiger partial charge < -0.3 is 0 Å². The van der Waals surface area contributed by atoms with E-state index in [2.05, 4.69) is 0 Å². The fraction of sp³-hybridized carbons (Fsp3) is 0. The van der Waals surface area contributed by atoms with Crippen molar-refractivity contribution in [2.45, 2.75) is 0 Å². The van der Waals surface area contributed by atoms with Crippen molar-refractivity contribution in [3.8, 4) is 0 Å². The van der Waals surface area contributed by atoms with E-state index in [0.29, 0.717) is 0 Å². The van der Waals surface area contributed by atoms with Gasteiger partial charge in [0.25, 0.3) is 0 Å². The monoisotopic (exact) mass is 646 g/mol. The van der Waals surface area contributed by atoms with Crippen molar-refractivity contribution in [3.63, 3.8) is 0 Å². The Hall–Kier alpha value is 4.05. The van der Waals surface area contributed by atoms with E-state index >= 15 is 0 Å². The van der Waals surface area contributed by atoms with Crippen LogP contribution in [0.25, 0.3) is 0 Å². The second-order valence-corrected chi connectivity index (χ2v) is 0.344. The molecule has 0 aliphatic rings. The van der Waals surface area contributed by atoms with Crippen molar-refractivity contribution in [1.82, 2.24) is 0 Å². The van der Waals surface area contributed by atoms with E-state index in [-0.39, 0.29) is 65.7 Å². The SMILES string of the molecule is [Ce].[O]=[Ti]=[O].[SbH2][Ta].[SnH2]. The Kier molecular flexibility index (Phi) is 104. The van der Waals surface area contributed by atoms with Gasteiger partial charge in [-0.25, -0.2) is 0 Å². The number of hydrogen-bond acceptors (Lipinski definition) is 2. The van der Waals surface area contributed by atoms with Crippen LogP contribution in [-0.4, -0.2) is 43.3 Å². The molecule has 0 N–H and O–H groups in total. The van der Waals surface area contributed by atoms with Gasteiger partial charge in [-0.15, -0.1) is 0 Å². The Labute approximate surface area is 124 Å². The van der Waals surface area contributed by atoms with Gasteiger partial charge in [0.05, 0.1) is 0 Å². The van der Waals surface area contributed by atoms with Gasteiger partial charge in [0.2, 0.25) is 0 Å². The first kappa shape index (κ1) is 22.5. The fourth-order valence-electron chi connectivity index (χ4n) is 0. The molecule has 0 aromatic heterocycles. The molecular weight excluding hydrogens is 641 g/mol. The third-order valence-electron chi connectivity index (χ3n) is 0. The minimum atomic E-state index is -2.00. The first-order chi connectivity index (χ1) is 2.41. The van der Waals surface area contributed by atoms with E-state index in [1.165, 1.54) is 19.4 Å². The quantitative estimate of drug-likeness (QED) is 0.284. The summed E-state index contributed by atoms with van der Waals surface area (Å²) in [6.07, 6.45) is 0. The third kappa shape index (κ3) is 39.7. The van der Waals surface area contributed by atoms with Crippen molar-refractivity contribution >= 4 is 43.3 Å². The van der Waals surface area contributed by atoms with Gasteiger partial charge in [-0.1, -0.05) is 0 Å². The Morgan fingerprint density at radius 3 is 1.29 bits per heavy atom. The first-order valence-electron chi connectivity index (χ1n) is 0.666. The number of hydrogen-bond donors (Lipinski definition) is 0. The Morgan fingerprint density at radius 2 is 1.29 bits per heavy atom. The molecule has 0 saturated carbocycles. The van der Waals surface area contributed by atoms with Crippen LogP contribution in [0.4, 0.5) is 0 Å². The summed E-state index contributed by atoms with van der Waals surface area (Å²) < 4.78 is 17.0. The molecular formula is H4CeO2SbSnTaTi. The summed E-state index contributed by atoms with van der Waals surface area (Å²) in [5.41, 5.74) is 0. The van der Waals surface area contributed by atoms with Gasteiger partial charge in [0, 0.05) is 41.7 Å². The standard InChI is InChI=1S/Ce.2O.Sb.Sn.Ta.Ti.4H. The van der Waals surface area contributed by atoms with Crippen LogP contribution in [-0.2, 0) is 42.9 Å². The predicted molar refractivity (Wildman–Crippen MR) is 18.5 cm³/mol. The zero-order valence-corrected chi connectivity index (χ0v) is 18.8. The molecule has 0 atom stereocenters. The molecule has 0 aliphatic heterocycles. The maximum absolute atomic E-state index is 8.50. The topological polar surface area (TPSA) is 34.1 Å². The van der Waals surface area contributed by atoms with Gasteiger partial charge in [-0.3, -0.25) is 0 Å². The van der Waals surface area contributed by atoms with Gasteiger partial charge in [0.1, 0.15) is 0 Å². The summed E-state index contributed by atoms with van der Waals surface area (Å²) >= 11 is 1.04. The molecule has 0 aliphatic carbocycles. The average molecular weight is 645 g/mol. The molecule has 2 radical (unpaired) electrons. The van der Waals surface area contributed by atoms with Crippen LogP contribution in [0.5, 0.6) is 0 Å². The van der Waals surface area contributed by atoms with Crippen molar-refractivity contribution in [2.24, 2.45) is 0 Å². The van der Waals surface area contributed by atoms with Crippen LogP contribution >= 0.6 is 0 Å². The van der Waals surface area contributed by atoms with Gasteiger partial charge >= 0.3 is 86.2 Å². The summed E-state index contributed by atoms with van der Waals surface area (Å²) in [7, 11) is 0. The van der Waals surface area contributed by atoms with Crippen molar-refractivity contribution in [1.29, 1.82) is 0 Å². The zero-order valence-electron chi connectivity index (χ0n) is 3.55. The average Bonchev–Trinajstić information content (AvgIpc) is 1.46. The summed E-state index contributed by atoms with van der Waals surface area (Å²) in [4.78, 5) is 0. The van der Waals surface area contributed by atoms with Crippen LogP contribution in [0, 0.1) is 41.7 Å². The second kappa shape index (κ2) is 32.3. The zero-order chi connectivity index (χ0) is 4.71. The van der Waals surface area contributed by atoms with E-state index in [1.807, 2.05) is 0 Å². The molecule has 0 saturated heterocycles. The van der Waals surface area contributed by atoms with Crippen LogP contribution in [0.15, 0.2) is 0 Å². The molecule has 7 heteroatoms.